The zero-order chi connectivity index (χ0) is 12.8. The van der Waals surface area contributed by atoms with E-state index in [0.717, 1.165) is 43.6 Å². The standard InChI is InChI=1S/C12H18N2O3S/c15-12-5-1-4-11-13-9(8-14(11)12)7-10-3-2-6-18(10,16)17/h8,10,12,15H,1-7H2. The lowest BCUT2D eigenvalue weighted by Crippen LogP contribution is -2.18. The fourth-order valence-corrected chi connectivity index (χ4v) is 4.78. The van der Waals surface area contributed by atoms with Crippen molar-refractivity contribution in [3.63, 3.8) is 0 Å². The molecule has 3 rings (SSSR count). The minimum atomic E-state index is -2.91. The molecule has 5 nitrogen and oxygen atoms in total. The molecule has 1 N–H and O–H groups in total. The molecule has 2 atom stereocenters. The SMILES string of the molecule is O=S1(=O)CCCC1Cc1cn2c(n1)CCCC2O. The summed E-state index contributed by atoms with van der Waals surface area (Å²) in [6, 6.07) is 0. The summed E-state index contributed by atoms with van der Waals surface area (Å²) in [5.74, 6) is 1.20. The van der Waals surface area contributed by atoms with Gasteiger partial charge in [-0.3, -0.25) is 0 Å². The van der Waals surface area contributed by atoms with E-state index in [1.165, 1.54) is 0 Å². The molecule has 0 spiro atoms. The van der Waals surface area contributed by atoms with Gasteiger partial charge in [0, 0.05) is 19.0 Å². The molecule has 0 amide bonds. The Kier molecular flexibility index (Phi) is 2.94. The fraction of sp³-hybridized carbons (Fsp3) is 0.750. The highest BCUT2D eigenvalue weighted by Gasteiger charge is 2.32. The highest BCUT2D eigenvalue weighted by Crippen LogP contribution is 2.26. The molecule has 2 aliphatic rings. The molecule has 3 heterocycles. The number of rotatable bonds is 2. The Morgan fingerprint density at radius 1 is 1.39 bits per heavy atom. The summed E-state index contributed by atoms with van der Waals surface area (Å²) in [4.78, 5) is 4.47. The van der Waals surface area contributed by atoms with Crippen molar-refractivity contribution >= 4 is 9.84 Å². The van der Waals surface area contributed by atoms with Gasteiger partial charge in [-0.15, -0.1) is 0 Å². The molecule has 2 aliphatic heterocycles. The average Bonchev–Trinajstić information content (AvgIpc) is 2.84. The fourth-order valence-electron chi connectivity index (χ4n) is 2.93. The summed E-state index contributed by atoms with van der Waals surface area (Å²) in [6.45, 7) is 0. The highest BCUT2D eigenvalue weighted by molar-refractivity contribution is 7.92. The third kappa shape index (κ3) is 2.07. The van der Waals surface area contributed by atoms with Crippen LogP contribution >= 0.6 is 0 Å². The van der Waals surface area contributed by atoms with Gasteiger partial charge in [0.1, 0.15) is 12.1 Å². The molecule has 0 aliphatic carbocycles. The molecular weight excluding hydrogens is 252 g/mol. The monoisotopic (exact) mass is 270 g/mol. The molecular formula is C12H18N2O3S. The van der Waals surface area contributed by atoms with Crippen molar-refractivity contribution in [1.82, 2.24) is 9.55 Å². The van der Waals surface area contributed by atoms with E-state index in [-0.39, 0.29) is 5.25 Å². The smallest absolute Gasteiger partial charge is 0.153 e. The Hall–Kier alpha value is -0.880. The van der Waals surface area contributed by atoms with Crippen LogP contribution in [0.15, 0.2) is 6.20 Å². The summed E-state index contributed by atoms with van der Waals surface area (Å²) >= 11 is 0. The number of sulfone groups is 1. The number of aliphatic hydroxyl groups excluding tert-OH is 1. The van der Waals surface area contributed by atoms with Crippen molar-refractivity contribution in [1.29, 1.82) is 0 Å². The molecule has 18 heavy (non-hydrogen) atoms. The number of hydrogen-bond donors (Lipinski definition) is 1. The van der Waals surface area contributed by atoms with Crippen molar-refractivity contribution in [2.75, 3.05) is 5.75 Å². The van der Waals surface area contributed by atoms with Crippen LogP contribution in [0.2, 0.25) is 0 Å². The zero-order valence-electron chi connectivity index (χ0n) is 10.2. The van der Waals surface area contributed by atoms with Gasteiger partial charge < -0.3 is 9.67 Å². The van der Waals surface area contributed by atoms with Crippen molar-refractivity contribution < 1.29 is 13.5 Å². The maximum Gasteiger partial charge on any atom is 0.153 e. The second-order valence-electron chi connectivity index (χ2n) is 5.26. The van der Waals surface area contributed by atoms with Gasteiger partial charge in [-0.2, -0.15) is 0 Å². The lowest BCUT2D eigenvalue weighted by atomic mass is 10.1. The van der Waals surface area contributed by atoms with Gasteiger partial charge in [-0.25, -0.2) is 13.4 Å². The summed E-state index contributed by atoms with van der Waals surface area (Å²) in [7, 11) is -2.91. The van der Waals surface area contributed by atoms with Crippen molar-refractivity contribution in [3.8, 4) is 0 Å². The van der Waals surface area contributed by atoms with Crippen molar-refractivity contribution in [3.05, 3.63) is 17.7 Å². The summed E-state index contributed by atoms with van der Waals surface area (Å²) < 4.78 is 25.4. The predicted molar refractivity (Wildman–Crippen MR) is 66.9 cm³/mol. The Labute approximate surface area is 107 Å². The second kappa shape index (κ2) is 4.35. The van der Waals surface area contributed by atoms with Crippen molar-refractivity contribution in [2.24, 2.45) is 0 Å². The van der Waals surface area contributed by atoms with Gasteiger partial charge in [-0.05, 0) is 25.7 Å². The lowest BCUT2D eigenvalue weighted by Gasteiger charge is -2.19. The van der Waals surface area contributed by atoms with Crippen molar-refractivity contribution in [2.45, 2.75) is 50.0 Å². The van der Waals surface area contributed by atoms with Crippen LogP contribution in [0.1, 0.15) is 43.4 Å². The maximum atomic E-state index is 11.8. The molecule has 1 aromatic rings. The van der Waals surface area contributed by atoms with Crippen LogP contribution in [0.25, 0.3) is 0 Å². The number of nitrogens with zero attached hydrogens (tertiary/aromatic N) is 2. The van der Waals surface area contributed by atoms with Gasteiger partial charge in [0.25, 0.3) is 0 Å². The van der Waals surface area contributed by atoms with Crippen LogP contribution in [-0.2, 0) is 22.7 Å². The van der Waals surface area contributed by atoms with Crippen LogP contribution in [0, 0.1) is 0 Å². The number of aryl methyl sites for hydroxylation is 1. The van der Waals surface area contributed by atoms with E-state index in [0.29, 0.717) is 12.2 Å². The largest absolute Gasteiger partial charge is 0.373 e. The molecule has 1 fully saturated rings. The molecule has 1 aromatic heterocycles. The predicted octanol–water partition coefficient (Wildman–Crippen LogP) is 0.830. The van der Waals surface area contributed by atoms with Crippen LogP contribution in [0.3, 0.4) is 0 Å². The molecule has 2 unspecified atom stereocenters. The summed E-state index contributed by atoms with van der Waals surface area (Å²) in [5, 5.41) is 9.57. The van der Waals surface area contributed by atoms with Gasteiger partial charge in [0.05, 0.1) is 16.7 Å². The number of aliphatic hydroxyl groups is 1. The Balaban J connectivity index is 1.82. The van der Waals surface area contributed by atoms with Crippen LogP contribution in [0.4, 0.5) is 0 Å². The topological polar surface area (TPSA) is 72.2 Å². The third-order valence-corrected chi connectivity index (χ3v) is 6.22. The van der Waals surface area contributed by atoms with Gasteiger partial charge >= 0.3 is 0 Å². The minimum absolute atomic E-state index is 0.272. The Morgan fingerprint density at radius 2 is 2.22 bits per heavy atom. The van der Waals surface area contributed by atoms with Gasteiger partial charge in [0.15, 0.2) is 9.84 Å². The Bertz CT molecular complexity index is 550. The van der Waals surface area contributed by atoms with Gasteiger partial charge in [-0.1, -0.05) is 0 Å². The van der Waals surface area contributed by atoms with E-state index in [1.807, 2.05) is 6.20 Å². The molecule has 6 heteroatoms. The van der Waals surface area contributed by atoms with E-state index >= 15 is 0 Å². The molecule has 0 saturated carbocycles. The molecule has 0 radical (unpaired) electrons. The van der Waals surface area contributed by atoms with Gasteiger partial charge in [0.2, 0.25) is 0 Å². The number of fused-ring (bicyclic) bond motifs is 1. The molecule has 1 saturated heterocycles. The summed E-state index contributed by atoms with van der Waals surface area (Å²) in [6.07, 6.45) is 5.91. The maximum absolute atomic E-state index is 11.8. The highest BCUT2D eigenvalue weighted by atomic mass is 32.2. The molecule has 0 aromatic carbocycles. The third-order valence-electron chi connectivity index (χ3n) is 3.94. The normalized spacial score (nSPS) is 30.3. The van der Waals surface area contributed by atoms with Crippen LogP contribution in [-0.4, -0.2) is 34.1 Å². The van der Waals surface area contributed by atoms with Crippen LogP contribution in [0.5, 0.6) is 0 Å². The number of aromatic nitrogens is 2. The minimum Gasteiger partial charge on any atom is -0.373 e. The number of imidazole rings is 1. The van der Waals surface area contributed by atoms with Crippen LogP contribution < -0.4 is 0 Å². The molecule has 100 valence electrons. The first-order chi connectivity index (χ1) is 8.56. The first-order valence-corrected chi connectivity index (χ1v) is 8.24. The summed E-state index contributed by atoms with van der Waals surface area (Å²) in [5.41, 5.74) is 0.807. The first kappa shape index (κ1) is 12.2. The first-order valence-electron chi connectivity index (χ1n) is 6.52. The molecule has 0 bridgehead atoms. The van der Waals surface area contributed by atoms with E-state index < -0.39 is 16.1 Å². The lowest BCUT2D eigenvalue weighted by molar-refractivity contribution is 0.0780. The van der Waals surface area contributed by atoms with E-state index in [2.05, 4.69) is 4.98 Å². The van der Waals surface area contributed by atoms with E-state index in [4.69, 9.17) is 0 Å². The van der Waals surface area contributed by atoms with E-state index in [1.54, 1.807) is 4.57 Å². The average molecular weight is 270 g/mol. The van der Waals surface area contributed by atoms with E-state index in [9.17, 15) is 13.5 Å². The quantitative estimate of drug-likeness (QED) is 0.864. The Morgan fingerprint density at radius 3 is 2.89 bits per heavy atom. The number of hydrogen-bond acceptors (Lipinski definition) is 4. The second-order valence-corrected chi connectivity index (χ2v) is 7.66. The zero-order valence-corrected chi connectivity index (χ0v) is 11.1.